The monoisotopic (exact) mass is 268 g/mol. The van der Waals surface area contributed by atoms with E-state index in [-0.39, 0.29) is 0 Å². The van der Waals surface area contributed by atoms with Crippen molar-refractivity contribution in [1.82, 2.24) is 5.32 Å². The first kappa shape index (κ1) is 13.5. The van der Waals surface area contributed by atoms with Gasteiger partial charge < -0.3 is 15.0 Å². The Kier molecular flexibility index (Phi) is 4.72. The van der Waals surface area contributed by atoms with Crippen LogP contribution < -0.4 is 15.0 Å². The lowest BCUT2D eigenvalue weighted by molar-refractivity contribution is 0.414. The van der Waals surface area contributed by atoms with Crippen molar-refractivity contribution in [2.24, 2.45) is 0 Å². The van der Waals surface area contributed by atoms with Crippen molar-refractivity contribution < 1.29 is 4.74 Å². The summed E-state index contributed by atoms with van der Waals surface area (Å²) in [6.07, 6.45) is 2.48. The van der Waals surface area contributed by atoms with Gasteiger partial charge in [-0.15, -0.1) is 0 Å². The molecule has 2 rings (SSSR count). The summed E-state index contributed by atoms with van der Waals surface area (Å²) >= 11 is 6.18. The first-order chi connectivity index (χ1) is 8.74. The number of anilines is 1. The van der Waals surface area contributed by atoms with Crippen LogP contribution in [0.25, 0.3) is 0 Å². The van der Waals surface area contributed by atoms with Gasteiger partial charge in [0.25, 0.3) is 0 Å². The van der Waals surface area contributed by atoms with Gasteiger partial charge in [0.2, 0.25) is 0 Å². The molecule has 0 saturated carbocycles. The topological polar surface area (TPSA) is 24.5 Å². The normalized spacial score (nSPS) is 19.9. The summed E-state index contributed by atoms with van der Waals surface area (Å²) in [6.45, 7) is 5.34. The van der Waals surface area contributed by atoms with Crippen molar-refractivity contribution in [1.29, 1.82) is 0 Å². The van der Waals surface area contributed by atoms with Crippen molar-refractivity contribution in [3.63, 3.8) is 0 Å². The Morgan fingerprint density at radius 3 is 3.00 bits per heavy atom. The van der Waals surface area contributed by atoms with Crippen molar-refractivity contribution in [2.45, 2.75) is 25.8 Å². The van der Waals surface area contributed by atoms with Gasteiger partial charge in [0.15, 0.2) is 0 Å². The molecule has 1 saturated heterocycles. The fourth-order valence-corrected chi connectivity index (χ4v) is 2.77. The highest BCUT2D eigenvalue weighted by Crippen LogP contribution is 2.30. The van der Waals surface area contributed by atoms with E-state index in [0.717, 1.165) is 25.4 Å². The minimum absolute atomic E-state index is 0.588. The first-order valence-electron chi connectivity index (χ1n) is 6.56. The summed E-state index contributed by atoms with van der Waals surface area (Å²) in [5.74, 6) is 0.737. The van der Waals surface area contributed by atoms with Gasteiger partial charge in [-0.3, -0.25) is 0 Å². The minimum Gasteiger partial charge on any atom is -0.495 e. The molecule has 1 aromatic carbocycles. The number of methoxy groups -OCH3 is 1. The third-order valence-corrected chi connectivity index (χ3v) is 3.71. The first-order valence-corrected chi connectivity index (χ1v) is 6.94. The second-order valence-electron chi connectivity index (χ2n) is 4.66. The summed E-state index contributed by atoms with van der Waals surface area (Å²) < 4.78 is 5.18. The number of nitrogens with zero attached hydrogens (tertiary/aromatic N) is 1. The summed E-state index contributed by atoms with van der Waals surface area (Å²) in [5.41, 5.74) is 1.18. The molecule has 0 aliphatic carbocycles. The van der Waals surface area contributed by atoms with E-state index in [4.69, 9.17) is 16.3 Å². The lowest BCUT2D eigenvalue weighted by Gasteiger charge is -2.35. The van der Waals surface area contributed by atoms with Crippen molar-refractivity contribution in [3.05, 3.63) is 23.2 Å². The average molecular weight is 269 g/mol. The molecule has 100 valence electrons. The second-order valence-corrected chi connectivity index (χ2v) is 5.07. The van der Waals surface area contributed by atoms with Crippen LogP contribution in [0.1, 0.15) is 19.8 Å². The van der Waals surface area contributed by atoms with E-state index in [2.05, 4.69) is 23.2 Å². The highest BCUT2D eigenvalue weighted by Gasteiger charge is 2.19. The Labute approximate surface area is 114 Å². The number of nitrogens with one attached hydrogen (secondary N) is 1. The molecule has 18 heavy (non-hydrogen) atoms. The van der Waals surface area contributed by atoms with Crippen molar-refractivity contribution in [3.8, 4) is 5.75 Å². The lowest BCUT2D eigenvalue weighted by atomic mass is 10.0. The molecule has 1 aliphatic rings. The van der Waals surface area contributed by atoms with Crippen LogP contribution in [0.2, 0.25) is 5.02 Å². The predicted molar refractivity (Wildman–Crippen MR) is 76.9 cm³/mol. The Morgan fingerprint density at radius 1 is 1.50 bits per heavy atom. The largest absolute Gasteiger partial charge is 0.495 e. The number of piperidine rings is 1. The van der Waals surface area contributed by atoms with Gasteiger partial charge in [0.1, 0.15) is 5.75 Å². The SMILES string of the molecule is CCNC1CCCN(c2ccc(OC)c(Cl)c2)C1. The Bertz CT molecular complexity index is 395. The Balaban J connectivity index is 2.08. The van der Waals surface area contributed by atoms with Crippen LogP contribution >= 0.6 is 11.6 Å². The number of halogens is 1. The van der Waals surface area contributed by atoms with Crippen molar-refractivity contribution in [2.75, 3.05) is 31.6 Å². The fraction of sp³-hybridized carbons (Fsp3) is 0.571. The van der Waals surface area contributed by atoms with Crippen LogP contribution in [0.5, 0.6) is 5.75 Å². The summed E-state index contributed by atoms with van der Waals surface area (Å²) in [7, 11) is 1.64. The maximum absolute atomic E-state index is 6.18. The molecular formula is C14H21ClN2O. The molecule has 1 aliphatic heterocycles. The zero-order valence-corrected chi connectivity index (χ0v) is 11.8. The number of hydrogen-bond donors (Lipinski definition) is 1. The highest BCUT2D eigenvalue weighted by molar-refractivity contribution is 6.32. The fourth-order valence-electron chi connectivity index (χ4n) is 2.52. The molecule has 1 aromatic rings. The molecule has 1 unspecified atom stereocenters. The van der Waals surface area contributed by atoms with E-state index >= 15 is 0 Å². The van der Waals surface area contributed by atoms with E-state index in [1.54, 1.807) is 7.11 Å². The van der Waals surface area contributed by atoms with Crippen LogP contribution in [-0.2, 0) is 0 Å². The number of likely N-dealkylation sites (N-methyl/N-ethyl adjacent to an activating group) is 1. The van der Waals surface area contributed by atoms with Gasteiger partial charge in [-0.1, -0.05) is 18.5 Å². The van der Waals surface area contributed by atoms with Gasteiger partial charge in [-0.25, -0.2) is 0 Å². The van der Waals surface area contributed by atoms with Crippen molar-refractivity contribution >= 4 is 17.3 Å². The predicted octanol–water partition coefficient (Wildman–Crippen LogP) is 2.93. The molecule has 0 amide bonds. The van der Waals surface area contributed by atoms with Gasteiger partial charge in [-0.05, 0) is 37.6 Å². The molecular weight excluding hydrogens is 248 g/mol. The van der Waals surface area contributed by atoms with E-state index in [1.807, 2.05) is 12.1 Å². The third-order valence-electron chi connectivity index (χ3n) is 3.41. The molecule has 0 bridgehead atoms. The number of rotatable bonds is 4. The van der Waals surface area contributed by atoms with E-state index in [0.29, 0.717) is 11.1 Å². The molecule has 0 radical (unpaired) electrons. The number of hydrogen-bond acceptors (Lipinski definition) is 3. The van der Waals surface area contributed by atoms with Gasteiger partial charge in [-0.2, -0.15) is 0 Å². The molecule has 3 nitrogen and oxygen atoms in total. The molecule has 1 N–H and O–H groups in total. The maximum atomic E-state index is 6.18. The van der Waals surface area contributed by atoms with E-state index < -0.39 is 0 Å². The van der Waals surface area contributed by atoms with E-state index in [1.165, 1.54) is 18.5 Å². The maximum Gasteiger partial charge on any atom is 0.137 e. The molecule has 0 spiro atoms. The Morgan fingerprint density at radius 2 is 2.33 bits per heavy atom. The van der Waals surface area contributed by atoms with E-state index in [9.17, 15) is 0 Å². The summed E-state index contributed by atoms with van der Waals surface area (Å²) in [5, 5.41) is 4.20. The smallest absolute Gasteiger partial charge is 0.137 e. The van der Waals surface area contributed by atoms with Crippen LogP contribution in [0.4, 0.5) is 5.69 Å². The highest BCUT2D eigenvalue weighted by atomic mass is 35.5. The summed E-state index contributed by atoms with van der Waals surface area (Å²) in [6, 6.07) is 6.60. The second kappa shape index (κ2) is 6.30. The number of ether oxygens (including phenoxy) is 1. The number of benzene rings is 1. The average Bonchev–Trinajstić information content (AvgIpc) is 2.39. The molecule has 0 aromatic heterocycles. The zero-order chi connectivity index (χ0) is 13.0. The van der Waals surface area contributed by atoms with Crippen LogP contribution in [0, 0.1) is 0 Å². The standard InChI is InChI=1S/C14H21ClN2O/c1-3-16-11-5-4-8-17(10-11)12-6-7-14(18-2)13(15)9-12/h6-7,9,11,16H,3-5,8,10H2,1-2H3. The van der Waals surface area contributed by atoms with Gasteiger partial charge >= 0.3 is 0 Å². The molecule has 1 heterocycles. The van der Waals surface area contributed by atoms with Crippen LogP contribution in [0.15, 0.2) is 18.2 Å². The van der Waals surface area contributed by atoms with Gasteiger partial charge in [0.05, 0.1) is 12.1 Å². The van der Waals surface area contributed by atoms with Gasteiger partial charge in [0, 0.05) is 24.8 Å². The molecule has 1 fully saturated rings. The molecule has 4 heteroatoms. The third kappa shape index (κ3) is 3.09. The zero-order valence-electron chi connectivity index (χ0n) is 11.1. The molecule has 1 atom stereocenters. The minimum atomic E-state index is 0.588. The lowest BCUT2D eigenvalue weighted by Crippen LogP contribution is -2.45. The van der Waals surface area contributed by atoms with Crippen LogP contribution in [0.3, 0.4) is 0 Å². The summed E-state index contributed by atoms with van der Waals surface area (Å²) in [4.78, 5) is 2.39. The Hall–Kier alpha value is -0.930. The quantitative estimate of drug-likeness (QED) is 0.909. The van der Waals surface area contributed by atoms with Crippen LogP contribution in [-0.4, -0.2) is 32.8 Å².